The third-order valence-electron chi connectivity index (χ3n) is 1.33. The Kier molecular flexibility index (Phi) is 3.22. The summed E-state index contributed by atoms with van der Waals surface area (Å²) in [6.07, 6.45) is 3.43. The van der Waals surface area contributed by atoms with E-state index < -0.39 is 0 Å². The molecule has 1 aromatic rings. The van der Waals surface area contributed by atoms with Crippen molar-refractivity contribution in [2.45, 2.75) is 6.54 Å². The summed E-state index contributed by atoms with van der Waals surface area (Å²) < 4.78 is 0. The number of anilines is 1. The van der Waals surface area contributed by atoms with Crippen LogP contribution in [0.4, 0.5) is 5.95 Å². The third kappa shape index (κ3) is 2.32. The molecule has 0 aliphatic carbocycles. The Balaban J connectivity index is 2.65. The maximum absolute atomic E-state index is 5.41. The summed E-state index contributed by atoms with van der Waals surface area (Å²) in [7, 11) is 0. The highest BCUT2D eigenvalue weighted by Gasteiger charge is 1.94. The third-order valence-corrected chi connectivity index (χ3v) is 1.33. The summed E-state index contributed by atoms with van der Waals surface area (Å²) in [5.74, 6) is 0.595. The molecule has 0 aromatic carbocycles. The molecular weight excluding hydrogens is 152 g/mol. The Labute approximate surface area is 71.5 Å². The molecule has 0 atom stereocenters. The predicted molar refractivity (Wildman–Crippen MR) is 48.6 cm³/mol. The number of nitrogens with two attached hydrogens (primary N) is 1. The number of aromatic nitrogens is 2. The zero-order chi connectivity index (χ0) is 8.81. The first kappa shape index (κ1) is 8.67. The lowest BCUT2D eigenvalue weighted by Gasteiger charge is -2.01. The van der Waals surface area contributed by atoms with Gasteiger partial charge in [0.05, 0.1) is 5.69 Å². The molecule has 0 fully saturated rings. The molecule has 64 valence electrons. The number of nitrogens with one attached hydrogen (secondary N) is 1. The highest BCUT2D eigenvalue weighted by Crippen LogP contribution is 1.98. The van der Waals surface area contributed by atoms with E-state index in [0.717, 1.165) is 5.69 Å². The maximum Gasteiger partial charge on any atom is 0.223 e. The normalized spacial score (nSPS) is 9.42. The van der Waals surface area contributed by atoms with E-state index in [-0.39, 0.29) is 0 Å². The first-order valence-electron chi connectivity index (χ1n) is 3.73. The molecule has 1 aromatic heterocycles. The average molecular weight is 164 g/mol. The molecule has 1 heterocycles. The van der Waals surface area contributed by atoms with Crippen molar-refractivity contribution in [3.8, 4) is 0 Å². The summed E-state index contributed by atoms with van der Waals surface area (Å²) in [5, 5.41) is 2.97. The van der Waals surface area contributed by atoms with Gasteiger partial charge in [0.15, 0.2) is 0 Å². The average Bonchev–Trinajstić information content (AvgIpc) is 2.15. The quantitative estimate of drug-likeness (QED) is 0.637. The lowest BCUT2D eigenvalue weighted by molar-refractivity contribution is 0.961. The van der Waals surface area contributed by atoms with Crippen LogP contribution in [-0.2, 0) is 6.54 Å². The molecular formula is C8H12N4. The standard InChI is InChI=1S/C8H12N4/c1-2-4-10-8-11-5-3-7(6-9)12-8/h2-3,5H,1,4,6,9H2,(H,10,11,12). The number of hydrogen-bond acceptors (Lipinski definition) is 4. The second kappa shape index (κ2) is 4.46. The van der Waals surface area contributed by atoms with Gasteiger partial charge in [-0.1, -0.05) is 6.08 Å². The monoisotopic (exact) mass is 164 g/mol. The van der Waals surface area contributed by atoms with Crippen LogP contribution >= 0.6 is 0 Å². The molecule has 0 aliphatic heterocycles. The van der Waals surface area contributed by atoms with Gasteiger partial charge in [0.25, 0.3) is 0 Å². The van der Waals surface area contributed by atoms with Crippen molar-refractivity contribution in [1.29, 1.82) is 0 Å². The Morgan fingerprint density at radius 3 is 3.17 bits per heavy atom. The topological polar surface area (TPSA) is 63.8 Å². The van der Waals surface area contributed by atoms with Crippen molar-refractivity contribution in [3.05, 3.63) is 30.6 Å². The van der Waals surface area contributed by atoms with Gasteiger partial charge in [-0.3, -0.25) is 0 Å². The highest BCUT2D eigenvalue weighted by atomic mass is 15.1. The van der Waals surface area contributed by atoms with Crippen molar-refractivity contribution in [1.82, 2.24) is 9.97 Å². The van der Waals surface area contributed by atoms with Gasteiger partial charge in [-0.05, 0) is 6.07 Å². The van der Waals surface area contributed by atoms with Crippen LogP contribution in [0.25, 0.3) is 0 Å². The van der Waals surface area contributed by atoms with Crippen LogP contribution in [-0.4, -0.2) is 16.5 Å². The van der Waals surface area contributed by atoms with Crippen molar-refractivity contribution in [2.75, 3.05) is 11.9 Å². The number of hydrogen-bond donors (Lipinski definition) is 2. The molecule has 1 rings (SSSR count). The van der Waals surface area contributed by atoms with Crippen LogP contribution in [0, 0.1) is 0 Å². The van der Waals surface area contributed by atoms with Crippen LogP contribution in [0.3, 0.4) is 0 Å². The van der Waals surface area contributed by atoms with Crippen molar-refractivity contribution in [2.24, 2.45) is 5.73 Å². The Morgan fingerprint density at radius 1 is 1.67 bits per heavy atom. The summed E-state index contributed by atoms with van der Waals surface area (Å²) in [6, 6.07) is 1.79. The molecule has 4 nitrogen and oxygen atoms in total. The van der Waals surface area contributed by atoms with Crippen LogP contribution in [0.5, 0.6) is 0 Å². The molecule has 0 saturated carbocycles. The molecule has 0 saturated heterocycles. The minimum absolute atomic E-state index is 0.436. The lowest BCUT2D eigenvalue weighted by atomic mass is 10.4. The fourth-order valence-electron chi connectivity index (χ4n) is 0.758. The van der Waals surface area contributed by atoms with Gasteiger partial charge in [0.2, 0.25) is 5.95 Å². The first-order valence-corrected chi connectivity index (χ1v) is 3.73. The number of rotatable bonds is 4. The second-order valence-corrected chi connectivity index (χ2v) is 2.25. The Bertz CT molecular complexity index is 259. The summed E-state index contributed by atoms with van der Waals surface area (Å²) in [5.41, 5.74) is 6.24. The molecule has 0 unspecified atom stereocenters. The van der Waals surface area contributed by atoms with Crippen LogP contribution in [0.2, 0.25) is 0 Å². The van der Waals surface area contributed by atoms with Crippen molar-refractivity contribution < 1.29 is 0 Å². The van der Waals surface area contributed by atoms with E-state index in [2.05, 4.69) is 21.9 Å². The van der Waals surface area contributed by atoms with Gasteiger partial charge in [-0.2, -0.15) is 0 Å². The van der Waals surface area contributed by atoms with E-state index in [1.54, 1.807) is 18.3 Å². The van der Waals surface area contributed by atoms with Gasteiger partial charge in [-0.15, -0.1) is 6.58 Å². The maximum atomic E-state index is 5.41. The van der Waals surface area contributed by atoms with Crippen molar-refractivity contribution >= 4 is 5.95 Å². The number of nitrogens with zero attached hydrogens (tertiary/aromatic N) is 2. The van der Waals surface area contributed by atoms with Gasteiger partial charge in [0, 0.05) is 19.3 Å². The van der Waals surface area contributed by atoms with Gasteiger partial charge in [-0.25, -0.2) is 9.97 Å². The zero-order valence-electron chi connectivity index (χ0n) is 6.83. The summed E-state index contributed by atoms with van der Waals surface area (Å²) >= 11 is 0. The molecule has 0 radical (unpaired) electrons. The van der Waals surface area contributed by atoms with Gasteiger partial charge >= 0.3 is 0 Å². The van der Waals surface area contributed by atoms with E-state index >= 15 is 0 Å². The molecule has 0 spiro atoms. The predicted octanol–water partition coefficient (Wildman–Crippen LogP) is 0.533. The molecule has 0 amide bonds. The lowest BCUT2D eigenvalue weighted by Crippen LogP contribution is -2.06. The molecule has 4 heteroatoms. The highest BCUT2D eigenvalue weighted by molar-refractivity contribution is 5.25. The summed E-state index contributed by atoms with van der Waals surface area (Å²) in [6.45, 7) is 4.67. The smallest absolute Gasteiger partial charge is 0.223 e. The molecule has 3 N–H and O–H groups in total. The van der Waals surface area contributed by atoms with Crippen molar-refractivity contribution in [3.63, 3.8) is 0 Å². The largest absolute Gasteiger partial charge is 0.351 e. The molecule has 0 aliphatic rings. The van der Waals surface area contributed by atoms with E-state index in [9.17, 15) is 0 Å². The zero-order valence-corrected chi connectivity index (χ0v) is 6.83. The van der Waals surface area contributed by atoms with E-state index in [1.165, 1.54) is 0 Å². The first-order chi connectivity index (χ1) is 5.86. The Morgan fingerprint density at radius 2 is 2.50 bits per heavy atom. The molecule has 12 heavy (non-hydrogen) atoms. The van der Waals surface area contributed by atoms with Crippen LogP contribution < -0.4 is 11.1 Å². The van der Waals surface area contributed by atoms with E-state index in [0.29, 0.717) is 19.0 Å². The minimum Gasteiger partial charge on any atom is -0.351 e. The Hall–Kier alpha value is -1.42. The van der Waals surface area contributed by atoms with Gasteiger partial charge in [0.1, 0.15) is 0 Å². The van der Waals surface area contributed by atoms with Crippen LogP contribution in [0.15, 0.2) is 24.9 Å². The SMILES string of the molecule is C=CCNc1nccc(CN)n1. The summed E-state index contributed by atoms with van der Waals surface area (Å²) in [4.78, 5) is 8.13. The van der Waals surface area contributed by atoms with E-state index in [4.69, 9.17) is 5.73 Å². The van der Waals surface area contributed by atoms with E-state index in [1.807, 2.05) is 0 Å². The minimum atomic E-state index is 0.436. The fourth-order valence-corrected chi connectivity index (χ4v) is 0.758. The second-order valence-electron chi connectivity index (χ2n) is 2.25. The molecule has 0 bridgehead atoms. The fraction of sp³-hybridized carbons (Fsp3) is 0.250. The van der Waals surface area contributed by atoms with Crippen LogP contribution in [0.1, 0.15) is 5.69 Å². The van der Waals surface area contributed by atoms with Gasteiger partial charge < -0.3 is 11.1 Å².